The Morgan fingerprint density at radius 2 is 1.67 bits per heavy atom. The first-order valence-corrected chi connectivity index (χ1v) is 8.25. The Balaban J connectivity index is 1.80. The van der Waals surface area contributed by atoms with Crippen LogP contribution >= 0.6 is 0 Å². The smallest absolute Gasteiger partial charge is 0.238 e. The number of allylic oxidation sites excluding steroid dienone is 2. The Hall–Kier alpha value is -2.68. The minimum atomic E-state index is -0.721. The fourth-order valence-corrected chi connectivity index (χ4v) is 4.07. The van der Waals surface area contributed by atoms with Gasteiger partial charge in [-0.2, -0.15) is 0 Å². The van der Waals surface area contributed by atoms with Crippen molar-refractivity contribution in [2.24, 2.45) is 0 Å². The SMILES string of the molecule is CC1=CC(=O)C[C@]2(C1)C(=O)N(Cc1ccccc1)c1ccccc12. The molecule has 0 saturated heterocycles. The molecule has 0 N–H and O–H groups in total. The third-order valence-electron chi connectivity index (χ3n) is 5.01. The molecule has 24 heavy (non-hydrogen) atoms. The Morgan fingerprint density at radius 3 is 2.42 bits per heavy atom. The highest BCUT2D eigenvalue weighted by atomic mass is 16.2. The summed E-state index contributed by atoms with van der Waals surface area (Å²) in [4.78, 5) is 27.4. The van der Waals surface area contributed by atoms with Crippen molar-refractivity contribution >= 4 is 17.4 Å². The molecular weight excluding hydrogens is 298 g/mol. The highest BCUT2D eigenvalue weighted by Gasteiger charge is 2.52. The lowest BCUT2D eigenvalue weighted by molar-refractivity contribution is -0.127. The number of hydrogen-bond donors (Lipinski definition) is 0. The summed E-state index contributed by atoms with van der Waals surface area (Å²) in [6.45, 7) is 2.48. The van der Waals surface area contributed by atoms with Crippen LogP contribution < -0.4 is 4.90 Å². The molecule has 0 fully saturated rings. The average Bonchev–Trinajstić information content (AvgIpc) is 2.78. The number of anilines is 1. The van der Waals surface area contributed by atoms with Crippen molar-refractivity contribution in [1.82, 2.24) is 0 Å². The van der Waals surface area contributed by atoms with E-state index in [4.69, 9.17) is 0 Å². The van der Waals surface area contributed by atoms with Crippen molar-refractivity contribution in [1.29, 1.82) is 0 Å². The first kappa shape index (κ1) is 14.9. The third kappa shape index (κ3) is 2.20. The molecular formula is C21H19NO2. The molecule has 2 aliphatic rings. The van der Waals surface area contributed by atoms with Crippen LogP contribution in [0.4, 0.5) is 5.69 Å². The Kier molecular flexibility index (Phi) is 3.38. The number of fused-ring (bicyclic) bond motifs is 2. The minimum absolute atomic E-state index is 0.0449. The number of nitrogens with zero attached hydrogens (tertiary/aromatic N) is 1. The lowest BCUT2D eigenvalue weighted by Crippen LogP contribution is -2.43. The van der Waals surface area contributed by atoms with Crippen molar-refractivity contribution in [3.63, 3.8) is 0 Å². The van der Waals surface area contributed by atoms with E-state index in [9.17, 15) is 9.59 Å². The Morgan fingerprint density at radius 1 is 0.958 bits per heavy atom. The van der Waals surface area contributed by atoms with Gasteiger partial charge in [0.15, 0.2) is 5.78 Å². The number of carbonyl (C=O) groups is 2. The van der Waals surface area contributed by atoms with Crippen LogP contribution in [-0.2, 0) is 21.5 Å². The van der Waals surface area contributed by atoms with Gasteiger partial charge < -0.3 is 4.90 Å². The average molecular weight is 317 g/mol. The van der Waals surface area contributed by atoms with Crippen LogP contribution in [0, 0.1) is 0 Å². The van der Waals surface area contributed by atoms with Gasteiger partial charge >= 0.3 is 0 Å². The molecule has 1 aliphatic carbocycles. The van der Waals surface area contributed by atoms with Crippen LogP contribution in [0.5, 0.6) is 0 Å². The van der Waals surface area contributed by atoms with Crippen molar-refractivity contribution in [2.45, 2.75) is 31.7 Å². The van der Waals surface area contributed by atoms with Gasteiger partial charge in [-0.05, 0) is 36.6 Å². The molecule has 2 aromatic carbocycles. The van der Waals surface area contributed by atoms with Crippen molar-refractivity contribution in [3.8, 4) is 0 Å². The van der Waals surface area contributed by atoms with Crippen LogP contribution in [0.25, 0.3) is 0 Å². The highest BCUT2D eigenvalue weighted by molar-refractivity contribution is 6.12. The molecule has 2 aromatic rings. The third-order valence-corrected chi connectivity index (χ3v) is 5.01. The predicted molar refractivity (Wildman–Crippen MR) is 93.8 cm³/mol. The van der Waals surface area contributed by atoms with E-state index in [0.29, 0.717) is 13.0 Å². The van der Waals surface area contributed by atoms with Gasteiger partial charge in [0.25, 0.3) is 0 Å². The van der Waals surface area contributed by atoms with Crippen LogP contribution in [0.15, 0.2) is 66.2 Å². The van der Waals surface area contributed by atoms with Crippen LogP contribution in [-0.4, -0.2) is 11.7 Å². The number of rotatable bonds is 2. The summed E-state index contributed by atoms with van der Waals surface area (Å²) in [5.41, 5.74) is 3.28. The first-order chi connectivity index (χ1) is 11.6. The number of benzene rings is 2. The maximum atomic E-state index is 13.4. The summed E-state index contributed by atoms with van der Waals surface area (Å²) in [5.74, 6) is 0.0943. The number of carbonyl (C=O) groups excluding carboxylic acids is 2. The van der Waals surface area contributed by atoms with E-state index in [1.54, 1.807) is 6.08 Å². The van der Waals surface area contributed by atoms with E-state index in [1.165, 1.54) is 0 Å². The zero-order valence-corrected chi connectivity index (χ0v) is 13.7. The minimum Gasteiger partial charge on any atom is -0.307 e. The molecule has 3 nitrogen and oxygen atoms in total. The zero-order valence-electron chi connectivity index (χ0n) is 13.7. The number of para-hydroxylation sites is 1. The lowest BCUT2D eigenvalue weighted by Gasteiger charge is -2.31. The van der Waals surface area contributed by atoms with Crippen molar-refractivity contribution in [2.75, 3.05) is 4.90 Å². The molecule has 0 radical (unpaired) electrons. The molecule has 0 saturated carbocycles. The van der Waals surface area contributed by atoms with Crippen LogP contribution in [0.2, 0.25) is 0 Å². The van der Waals surface area contributed by atoms with E-state index >= 15 is 0 Å². The first-order valence-electron chi connectivity index (χ1n) is 8.25. The molecule has 0 aromatic heterocycles. The Labute approximate surface area is 141 Å². The summed E-state index contributed by atoms with van der Waals surface area (Å²) in [6, 6.07) is 17.9. The summed E-state index contributed by atoms with van der Waals surface area (Å²) in [6.07, 6.45) is 2.58. The summed E-state index contributed by atoms with van der Waals surface area (Å²) in [7, 11) is 0. The van der Waals surface area contributed by atoms with E-state index in [1.807, 2.05) is 66.4 Å². The fraction of sp³-hybridized carbons (Fsp3) is 0.238. The summed E-state index contributed by atoms with van der Waals surface area (Å²) >= 11 is 0. The second-order valence-electron chi connectivity index (χ2n) is 6.79. The quantitative estimate of drug-likeness (QED) is 0.845. The molecule has 1 aliphatic heterocycles. The molecule has 120 valence electrons. The van der Waals surface area contributed by atoms with Crippen LogP contribution in [0.3, 0.4) is 0 Å². The van der Waals surface area contributed by atoms with Gasteiger partial charge in [0.05, 0.1) is 12.0 Å². The Bertz CT molecular complexity index is 853. The van der Waals surface area contributed by atoms with Gasteiger partial charge in [0.1, 0.15) is 0 Å². The molecule has 1 heterocycles. The molecule has 3 heteroatoms. The largest absolute Gasteiger partial charge is 0.307 e. The maximum Gasteiger partial charge on any atom is 0.238 e. The molecule has 1 atom stereocenters. The fourth-order valence-electron chi connectivity index (χ4n) is 4.07. The second kappa shape index (κ2) is 5.45. The molecule has 0 unspecified atom stereocenters. The number of amides is 1. The van der Waals surface area contributed by atoms with Crippen LogP contribution in [0.1, 0.15) is 30.9 Å². The second-order valence-corrected chi connectivity index (χ2v) is 6.79. The summed E-state index contributed by atoms with van der Waals surface area (Å²) in [5, 5.41) is 0. The van der Waals surface area contributed by atoms with E-state index in [2.05, 4.69) is 0 Å². The summed E-state index contributed by atoms with van der Waals surface area (Å²) < 4.78 is 0. The molecule has 1 spiro atoms. The molecule has 0 bridgehead atoms. The van der Waals surface area contributed by atoms with E-state index in [-0.39, 0.29) is 18.1 Å². The van der Waals surface area contributed by atoms with Gasteiger partial charge in [0.2, 0.25) is 5.91 Å². The molecule has 4 rings (SSSR count). The topological polar surface area (TPSA) is 37.4 Å². The van der Waals surface area contributed by atoms with Crippen molar-refractivity contribution in [3.05, 3.63) is 77.4 Å². The normalized spacial score (nSPS) is 22.7. The van der Waals surface area contributed by atoms with E-state index in [0.717, 1.165) is 22.4 Å². The van der Waals surface area contributed by atoms with Gasteiger partial charge in [-0.1, -0.05) is 54.1 Å². The van der Waals surface area contributed by atoms with E-state index < -0.39 is 5.41 Å². The lowest BCUT2D eigenvalue weighted by atomic mass is 9.70. The number of ketones is 1. The number of hydrogen-bond acceptors (Lipinski definition) is 2. The maximum absolute atomic E-state index is 13.4. The zero-order chi connectivity index (χ0) is 16.7. The van der Waals surface area contributed by atoms with Crippen molar-refractivity contribution < 1.29 is 9.59 Å². The highest BCUT2D eigenvalue weighted by Crippen LogP contribution is 2.49. The van der Waals surface area contributed by atoms with Gasteiger partial charge in [0, 0.05) is 12.1 Å². The van der Waals surface area contributed by atoms with Gasteiger partial charge in [-0.25, -0.2) is 0 Å². The van der Waals surface area contributed by atoms with Gasteiger partial charge in [-0.3, -0.25) is 9.59 Å². The molecule has 1 amide bonds. The monoisotopic (exact) mass is 317 g/mol. The standard InChI is InChI=1S/C21H19NO2/c1-15-11-17(23)13-21(12-15)18-9-5-6-10-19(18)22(20(21)24)14-16-7-3-2-4-8-16/h2-11H,12-14H2,1H3/t21-/m0/s1. The van der Waals surface area contributed by atoms with Gasteiger partial charge in [-0.15, -0.1) is 0 Å². The predicted octanol–water partition coefficient (Wildman–Crippen LogP) is 3.78.